The Hall–Kier alpha value is -3.19. The number of Topliss-reactive ketones (excluding diaryl/α,β-unsaturated/α-hetero) is 1. The molecule has 27 heavy (non-hydrogen) atoms. The Balaban J connectivity index is 1.67. The van der Waals surface area contributed by atoms with Crippen molar-refractivity contribution in [1.29, 1.82) is 0 Å². The van der Waals surface area contributed by atoms with Crippen molar-refractivity contribution in [2.75, 3.05) is 24.3 Å². The SMILES string of the molecule is CN(C)c1ccc(NC(=O)CC(=O)c2cccc(-n3ccnn3)c2)cc1Cl. The smallest absolute Gasteiger partial charge is 0.232 e. The highest BCUT2D eigenvalue weighted by atomic mass is 35.5. The maximum absolute atomic E-state index is 12.4. The van der Waals surface area contributed by atoms with E-state index in [4.69, 9.17) is 11.6 Å². The van der Waals surface area contributed by atoms with Gasteiger partial charge in [0.1, 0.15) is 0 Å². The summed E-state index contributed by atoms with van der Waals surface area (Å²) in [6, 6.07) is 12.1. The number of anilines is 2. The summed E-state index contributed by atoms with van der Waals surface area (Å²) < 4.78 is 1.55. The lowest BCUT2D eigenvalue weighted by Gasteiger charge is -2.15. The molecule has 1 amide bonds. The summed E-state index contributed by atoms with van der Waals surface area (Å²) >= 11 is 6.20. The topological polar surface area (TPSA) is 80.1 Å². The largest absolute Gasteiger partial charge is 0.376 e. The summed E-state index contributed by atoms with van der Waals surface area (Å²) in [6.07, 6.45) is 2.96. The average molecular weight is 384 g/mol. The molecule has 0 aliphatic rings. The molecule has 0 aliphatic carbocycles. The zero-order chi connectivity index (χ0) is 19.4. The van der Waals surface area contributed by atoms with Gasteiger partial charge in [-0.05, 0) is 30.3 Å². The van der Waals surface area contributed by atoms with Gasteiger partial charge in [0.2, 0.25) is 5.91 Å². The predicted octanol–water partition coefficient (Wildman–Crippen LogP) is 3.20. The molecule has 1 heterocycles. The number of rotatable bonds is 6. The minimum Gasteiger partial charge on any atom is -0.376 e. The number of hydrogen-bond acceptors (Lipinski definition) is 5. The molecule has 8 heteroatoms. The van der Waals surface area contributed by atoms with E-state index in [1.807, 2.05) is 19.0 Å². The van der Waals surface area contributed by atoms with Gasteiger partial charge in [-0.15, -0.1) is 5.10 Å². The van der Waals surface area contributed by atoms with Crippen molar-refractivity contribution in [2.45, 2.75) is 6.42 Å². The third kappa shape index (κ3) is 4.51. The van der Waals surface area contributed by atoms with Crippen LogP contribution in [0.15, 0.2) is 54.9 Å². The molecule has 1 N–H and O–H groups in total. The molecule has 0 atom stereocenters. The maximum Gasteiger partial charge on any atom is 0.232 e. The first kappa shape index (κ1) is 18.6. The van der Waals surface area contributed by atoms with E-state index in [0.717, 1.165) is 5.69 Å². The van der Waals surface area contributed by atoms with Crippen molar-refractivity contribution in [3.05, 3.63) is 65.4 Å². The van der Waals surface area contributed by atoms with E-state index in [2.05, 4.69) is 15.6 Å². The lowest BCUT2D eigenvalue weighted by molar-refractivity contribution is -0.115. The number of amides is 1. The van der Waals surface area contributed by atoms with Gasteiger partial charge >= 0.3 is 0 Å². The zero-order valence-electron chi connectivity index (χ0n) is 14.9. The minimum atomic E-state index is -0.403. The van der Waals surface area contributed by atoms with E-state index in [0.29, 0.717) is 22.0 Å². The van der Waals surface area contributed by atoms with E-state index < -0.39 is 5.91 Å². The molecular formula is C19H18ClN5O2. The highest BCUT2D eigenvalue weighted by Gasteiger charge is 2.14. The van der Waals surface area contributed by atoms with Crippen molar-refractivity contribution >= 4 is 34.7 Å². The van der Waals surface area contributed by atoms with E-state index in [-0.39, 0.29) is 12.2 Å². The van der Waals surface area contributed by atoms with Gasteiger partial charge in [0.25, 0.3) is 0 Å². The maximum atomic E-state index is 12.4. The monoisotopic (exact) mass is 383 g/mol. The summed E-state index contributed by atoms with van der Waals surface area (Å²) in [7, 11) is 3.76. The third-order valence-electron chi connectivity index (χ3n) is 3.89. The van der Waals surface area contributed by atoms with Crippen LogP contribution in [0.2, 0.25) is 5.02 Å². The molecule has 3 aromatic rings. The molecule has 0 saturated heterocycles. The Labute approximate surface area is 161 Å². The second-order valence-electron chi connectivity index (χ2n) is 6.11. The highest BCUT2D eigenvalue weighted by Crippen LogP contribution is 2.27. The lowest BCUT2D eigenvalue weighted by atomic mass is 10.1. The van der Waals surface area contributed by atoms with Crippen LogP contribution < -0.4 is 10.2 Å². The molecule has 0 unspecified atom stereocenters. The van der Waals surface area contributed by atoms with Crippen LogP contribution >= 0.6 is 11.6 Å². The summed E-state index contributed by atoms with van der Waals surface area (Å²) in [5.41, 5.74) is 2.51. The van der Waals surface area contributed by atoms with Gasteiger partial charge in [-0.2, -0.15) is 0 Å². The molecule has 0 fully saturated rings. The number of aromatic nitrogens is 3. The lowest BCUT2D eigenvalue weighted by Crippen LogP contribution is -2.17. The quantitative estimate of drug-likeness (QED) is 0.522. The first-order valence-corrected chi connectivity index (χ1v) is 8.58. The van der Waals surface area contributed by atoms with Gasteiger partial charge in [-0.1, -0.05) is 28.9 Å². The molecular weight excluding hydrogens is 366 g/mol. The fraction of sp³-hybridized carbons (Fsp3) is 0.158. The molecule has 2 aromatic carbocycles. The average Bonchev–Trinajstić information content (AvgIpc) is 3.16. The Morgan fingerprint density at radius 1 is 1.19 bits per heavy atom. The Morgan fingerprint density at radius 3 is 2.67 bits per heavy atom. The van der Waals surface area contributed by atoms with Crippen molar-refractivity contribution in [1.82, 2.24) is 15.0 Å². The second kappa shape index (κ2) is 8.01. The number of benzene rings is 2. The Kier molecular flexibility index (Phi) is 5.52. The van der Waals surface area contributed by atoms with E-state index in [1.165, 1.54) is 0 Å². The molecule has 138 valence electrons. The van der Waals surface area contributed by atoms with Gasteiger partial charge in [0.15, 0.2) is 5.78 Å². The standard InChI is InChI=1S/C19H18ClN5O2/c1-24(2)17-7-6-14(11-16(17)20)22-19(27)12-18(26)13-4-3-5-15(10-13)25-9-8-21-23-25/h3-11H,12H2,1-2H3,(H,22,27). The summed E-state index contributed by atoms with van der Waals surface area (Å²) in [6.45, 7) is 0. The summed E-state index contributed by atoms with van der Waals surface area (Å²) in [5, 5.41) is 10.9. The molecule has 3 rings (SSSR count). The fourth-order valence-corrected chi connectivity index (χ4v) is 2.92. The summed E-state index contributed by atoms with van der Waals surface area (Å²) in [4.78, 5) is 26.5. The Bertz CT molecular complexity index is 970. The molecule has 0 radical (unpaired) electrons. The number of carbonyl (C=O) groups is 2. The Morgan fingerprint density at radius 2 is 2.00 bits per heavy atom. The van der Waals surface area contributed by atoms with Gasteiger partial charge in [-0.3, -0.25) is 9.59 Å². The third-order valence-corrected chi connectivity index (χ3v) is 4.19. The number of nitrogens with zero attached hydrogens (tertiary/aromatic N) is 4. The minimum absolute atomic E-state index is 0.270. The van der Waals surface area contributed by atoms with Crippen LogP contribution in [-0.4, -0.2) is 40.8 Å². The number of halogens is 1. The molecule has 0 bridgehead atoms. The fourth-order valence-electron chi connectivity index (χ4n) is 2.57. The number of ketones is 1. The highest BCUT2D eigenvalue weighted by molar-refractivity contribution is 6.33. The van der Waals surface area contributed by atoms with Crippen LogP contribution in [0.25, 0.3) is 5.69 Å². The van der Waals surface area contributed by atoms with Crippen LogP contribution in [0.4, 0.5) is 11.4 Å². The molecule has 7 nitrogen and oxygen atoms in total. The van der Waals surface area contributed by atoms with Gasteiger partial charge < -0.3 is 10.2 Å². The van der Waals surface area contributed by atoms with Crippen LogP contribution in [0, 0.1) is 0 Å². The van der Waals surface area contributed by atoms with Gasteiger partial charge in [0.05, 0.1) is 35.2 Å². The van der Waals surface area contributed by atoms with Crippen molar-refractivity contribution in [3.63, 3.8) is 0 Å². The van der Waals surface area contributed by atoms with Crippen molar-refractivity contribution in [2.24, 2.45) is 0 Å². The van der Waals surface area contributed by atoms with Gasteiger partial charge in [-0.25, -0.2) is 4.68 Å². The molecule has 0 spiro atoms. The van der Waals surface area contributed by atoms with Crippen LogP contribution in [0.3, 0.4) is 0 Å². The van der Waals surface area contributed by atoms with Crippen molar-refractivity contribution < 1.29 is 9.59 Å². The van der Waals surface area contributed by atoms with Crippen molar-refractivity contribution in [3.8, 4) is 5.69 Å². The van der Waals surface area contributed by atoms with E-state index >= 15 is 0 Å². The normalized spacial score (nSPS) is 10.5. The first-order valence-electron chi connectivity index (χ1n) is 8.21. The number of carbonyl (C=O) groups excluding carboxylic acids is 2. The first-order chi connectivity index (χ1) is 12.9. The van der Waals surface area contributed by atoms with Crippen LogP contribution in [0.1, 0.15) is 16.8 Å². The molecule has 1 aromatic heterocycles. The van der Waals surface area contributed by atoms with E-state index in [9.17, 15) is 9.59 Å². The van der Waals surface area contributed by atoms with Crippen LogP contribution in [0.5, 0.6) is 0 Å². The van der Waals surface area contributed by atoms with Gasteiger partial charge in [0, 0.05) is 25.3 Å². The molecule has 0 aliphatic heterocycles. The number of hydrogen-bond donors (Lipinski definition) is 1. The number of nitrogens with one attached hydrogen (secondary N) is 1. The zero-order valence-corrected chi connectivity index (χ0v) is 15.6. The molecule has 0 saturated carbocycles. The predicted molar refractivity (Wildman–Crippen MR) is 105 cm³/mol. The van der Waals surface area contributed by atoms with Crippen LogP contribution in [-0.2, 0) is 4.79 Å². The summed E-state index contributed by atoms with van der Waals surface area (Å²) in [5.74, 6) is -0.690. The second-order valence-corrected chi connectivity index (χ2v) is 6.51. The van der Waals surface area contributed by atoms with E-state index in [1.54, 1.807) is 59.5 Å².